The van der Waals surface area contributed by atoms with Gasteiger partial charge in [0.05, 0.1) is 88.3 Å². The summed E-state index contributed by atoms with van der Waals surface area (Å²) in [5, 5.41) is 0. The van der Waals surface area contributed by atoms with Crippen LogP contribution < -0.4 is 37.9 Å². The molecule has 0 unspecified atom stereocenters. The van der Waals surface area contributed by atoms with Gasteiger partial charge in [0.15, 0.2) is 12.2 Å². The van der Waals surface area contributed by atoms with Crippen LogP contribution in [0.1, 0.15) is 165 Å². The van der Waals surface area contributed by atoms with Gasteiger partial charge in [0.25, 0.3) is 0 Å². The number of rotatable bonds is 48. The quantitative estimate of drug-likeness (QED) is 0.0113. The molecule has 0 aromatic heterocycles. The molecule has 0 aliphatic carbocycles. The normalized spacial score (nSPS) is 14.5. The molecule has 2 aliphatic rings. The second-order valence-electron chi connectivity index (χ2n) is 25.0. The molecule has 582 valence electrons. The van der Waals surface area contributed by atoms with Crippen LogP contribution in [0.2, 0.25) is 0 Å². The molecular formula is C84H90O26. The Morgan fingerprint density at radius 3 is 0.782 bits per heavy atom. The summed E-state index contributed by atoms with van der Waals surface area (Å²) >= 11 is 0. The first kappa shape index (κ1) is 83.7. The highest BCUT2D eigenvalue weighted by molar-refractivity contribution is 5.99. The van der Waals surface area contributed by atoms with Crippen molar-refractivity contribution in [3.63, 3.8) is 0 Å². The Bertz CT molecular complexity index is 3830. The molecule has 8 rings (SSSR count). The Morgan fingerprint density at radius 2 is 0.527 bits per heavy atom. The van der Waals surface area contributed by atoms with Gasteiger partial charge < -0.3 is 75.8 Å². The van der Waals surface area contributed by atoms with Crippen LogP contribution >= 0.6 is 0 Å². The third kappa shape index (κ3) is 28.0. The molecule has 110 heavy (non-hydrogen) atoms. The SMILES string of the molecule is C=CC(=O)OCCCCCCOc1ccc(C(=O)Oc2ccc(OC(=O)c3ccc(OCCCCCCOC(=O)C=C)cc3)c(C(=O)O[C@@H]3CO[C@H]4[C@@H]3OC[C@H]4OC(=O)c3cc(OC(=O)c4ccc(OCCCCCCOC(=O)C=C)cc4)ccc3OC(=O)c3ccc(OCCCCCCOC(=O)C=C)cc3)c2)cc1. The minimum Gasteiger partial charge on any atom is -0.494 e. The molecule has 0 radical (unpaired) electrons. The third-order valence-corrected chi connectivity index (χ3v) is 16.9. The van der Waals surface area contributed by atoms with E-state index in [2.05, 4.69) is 26.3 Å². The van der Waals surface area contributed by atoms with E-state index in [4.69, 9.17) is 75.8 Å². The van der Waals surface area contributed by atoms with E-state index in [1.807, 2.05) is 0 Å². The van der Waals surface area contributed by atoms with Crippen molar-refractivity contribution >= 4 is 59.7 Å². The average Bonchev–Trinajstić information content (AvgIpc) is 1.62. The summed E-state index contributed by atoms with van der Waals surface area (Å²) in [6.45, 7) is 15.8. The van der Waals surface area contributed by atoms with Crippen molar-refractivity contribution in [2.75, 3.05) is 66.1 Å². The van der Waals surface area contributed by atoms with Gasteiger partial charge in [0, 0.05) is 24.3 Å². The molecule has 2 fully saturated rings. The summed E-state index contributed by atoms with van der Waals surface area (Å²) in [7, 11) is 0. The van der Waals surface area contributed by atoms with E-state index in [9.17, 15) is 47.9 Å². The first-order valence-electron chi connectivity index (χ1n) is 36.4. The smallest absolute Gasteiger partial charge is 0.343 e. The number of esters is 10. The molecule has 0 N–H and O–H groups in total. The van der Waals surface area contributed by atoms with Crippen LogP contribution in [0.3, 0.4) is 0 Å². The van der Waals surface area contributed by atoms with Gasteiger partial charge in [0.2, 0.25) is 0 Å². The lowest BCUT2D eigenvalue weighted by Gasteiger charge is -2.19. The number of fused-ring (bicyclic) bond motifs is 1. The van der Waals surface area contributed by atoms with Gasteiger partial charge in [-0.25, -0.2) is 47.9 Å². The van der Waals surface area contributed by atoms with E-state index < -0.39 is 84.1 Å². The Labute approximate surface area is 637 Å². The van der Waals surface area contributed by atoms with Crippen LogP contribution in [-0.2, 0) is 57.1 Å². The van der Waals surface area contributed by atoms with E-state index in [-0.39, 0.29) is 69.6 Å². The molecule has 2 saturated heterocycles. The Balaban J connectivity index is 0.923. The molecule has 4 atom stereocenters. The number of unbranched alkanes of at least 4 members (excludes halogenated alkanes) is 12. The number of carbonyl (C=O) groups is 10. The molecule has 0 amide bonds. The average molecular weight is 1520 g/mol. The van der Waals surface area contributed by atoms with Crippen molar-refractivity contribution in [2.45, 2.75) is 127 Å². The van der Waals surface area contributed by atoms with Crippen LogP contribution in [0.4, 0.5) is 0 Å². The molecule has 6 aromatic rings. The minimum atomic E-state index is -1.16. The lowest BCUT2D eigenvalue weighted by molar-refractivity contribution is -0.138. The van der Waals surface area contributed by atoms with Crippen molar-refractivity contribution in [3.8, 4) is 46.0 Å². The Morgan fingerprint density at radius 1 is 0.291 bits per heavy atom. The second-order valence-corrected chi connectivity index (χ2v) is 25.0. The van der Waals surface area contributed by atoms with Crippen LogP contribution in [-0.4, -0.2) is 150 Å². The van der Waals surface area contributed by atoms with E-state index in [0.717, 1.165) is 101 Å². The lowest BCUT2D eigenvalue weighted by Crippen LogP contribution is -2.36. The highest BCUT2D eigenvalue weighted by atomic mass is 16.7. The summed E-state index contributed by atoms with van der Waals surface area (Å²) in [5.74, 6) is -6.11. The van der Waals surface area contributed by atoms with E-state index in [0.29, 0.717) is 102 Å². The molecule has 0 bridgehead atoms. The fourth-order valence-electron chi connectivity index (χ4n) is 11.0. The van der Waals surface area contributed by atoms with Crippen molar-refractivity contribution < 1.29 is 124 Å². The third-order valence-electron chi connectivity index (χ3n) is 16.9. The maximum absolute atomic E-state index is 14.5. The maximum Gasteiger partial charge on any atom is 0.343 e. The number of hydrogen-bond acceptors (Lipinski definition) is 26. The van der Waals surface area contributed by atoms with Gasteiger partial charge in [-0.05, 0) is 236 Å². The largest absolute Gasteiger partial charge is 0.494 e. The van der Waals surface area contributed by atoms with E-state index >= 15 is 0 Å². The highest BCUT2D eigenvalue weighted by Crippen LogP contribution is 2.36. The summed E-state index contributed by atoms with van der Waals surface area (Å²) in [6, 6.07) is 32.3. The fraction of sp³-hybridized carbons (Fsp3) is 0.357. The summed E-state index contributed by atoms with van der Waals surface area (Å²) in [5.41, 5.74) is -0.196. The molecule has 6 aromatic carbocycles. The summed E-state index contributed by atoms with van der Waals surface area (Å²) < 4.78 is 91.0. The predicted molar refractivity (Wildman–Crippen MR) is 397 cm³/mol. The highest BCUT2D eigenvalue weighted by Gasteiger charge is 2.51. The van der Waals surface area contributed by atoms with Gasteiger partial charge in [-0.15, -0.1) is 0 Å². The molecule has 26 heteroatoms. The topological polar surface area (TPSA) is 318 Å². The zero-order valence-electron chi connectivity index (χ0n) is 61.1. The van der Waals surface area contributed by atoms with Crippen LogP contribution in [0.25, 0.3) is 0 Å². The molecule has 0 saturated carbocycles. The monoisotopic (exact) mass is 1510 g/mol. The maximum atomic E-state index is 14.5. The van der Waals surface area contributed by atoms with Crippen LogP contribution in [0.15, 0.2) is 184 Å². The van der Waals surface area contributed by atoms with Gasteiger partial charge in [-0.1, -0.05) is 26.3 Å². The zero-order chi connectivity index (χ0) is 78.2. The van der Waals surface area contributed by atoms with Crippen molar-refractivity contribution in [2.24, 2.45) is 0 Å². The van der Waals surface area contributed by atoms with Crippen molar-refractivity contribution in [3.05, 3.63) is 217 Å². The number of hydrogen-bond donors (Lipinski definition) is 0. The van der Waals surface area contributed by atoms with E-state index in [1.165, 1.54) is 84.9 Å². The standard InChI is InChI=1S/C84H90O26/c1-5-73(85)99-49-21-13-9-17-45-95-61-33-25-57(26-34-61)79(89)105-65-41-43-69(107-81(91)59-29-37-63(38-30-59)97-47-19-11-15-23-51-101-75(87)7-3)67(53-65)83(93)109-71-55-103-78-72(56-104-77(71)78)110-84(94)68-54-66(106-80(90)58-27-35-62(36-28-58)96-46-18-10-14-22-50-100-74(86)6-2)42-44-70(68)108-82(92)60-31-39-64(40-32-60)98-48-20-12-16-24-52-102-76(88)8-4/h5-8,25-44,53-54,71-72,77-78H,1-4,9-24,45-52,55-56H2/t71-,72-,77-,78-/m1/s1. The van der Waals surface area contributed by atoms with Gasteiger partial charge in [-0.2, -0.15) is 0 Å². The molecule has 0 spiro atoms. The molecular weight excluding hydrogens is 1420 g/mol. The van der Waals surface area contributed by atoms with Crippen LogP contribution in [0.5, 0.6) is 46.0 Å². The van der Waals surface area contributed by atoms with E-state index in [1.54, 1.807) is 48.5 Å². The second kappa shape index (κ2) is 45.7. The Hall–Kier alpha value is -11.9. The minimum absolute atomic E-state index is 0.0955. The van der Waals surface area contributed by atoms with Gasteiger partial charge in [-0.3, -0.25) is 0 Å². The van der Waals surface area contributed by atoms with Gasteiger partial charge in [0.1, 0.15) is 69.3 Å². The van der Waals surface area contributed by atoms with Crippen molar-refractivity contribution in [1.29, 1.82) is 0 Å². The first-order chi connectivity index (χ1) is 53.5. The summed E-state index contributed by atoms with van der Waals surface area (Å²) in [4.78, 5) is 129. The Kier molecular flexibility index (Phi) is 34.8. The zero-order valence-corrected chi connectivity index (χ0v) is 61.1. The molecule has 2 heterocycles. The first-order valence-corrected chi connectivity index (χ1v) is 36.4. The molecule has 2 aliphatic heterocycles. The lowest BCUT2D eigenvalue weighted by atomic mass is 10.1. The number of carbonyl (C=O) groups excluding carboxylic acids is 10. The van der Waals surface area contributed by atoms with Crippen LogP contribution in [0, 0.1) is 0 Å². The van der Waals surface area contributed by atoms with Crippen molar-refractivity contribution in [1.82, 2.24) is 0 Å². The fourth-order valence-corrected chi connectivity index (χ4v) is 11.0. The summed E-state index contributed by atoms with van der Waals surface area (Å²) in [6.07, 6.45) is 12.4. The number of benzene rings is 6. The van der Waals surface area contributed by atoms with Gasteiger partial charge >= 0.3 is 59.7 Å². The molecule has 26 nitrogen and oxygen atoms in total. The predicted octanol–water partition coefficient (Wildman–Crippen LogP) is 13.8. The number of ether oxygens (including phenoxy) is 16.